The number of rotatable bonds is 9. The fourth-order valence-electron chi connectivity index (χ4n) is 3.72. The maximum absolute atomic E-state index is 13.0. The molecule has 192 valence electrons. The lowest BCUT2D eigenvalue weighted by Gasteiger charge is -2.13. The Kier molecular flexibility index (Phi) is 7.37. The topological polar surface area (TPSA) is 131 Å². The van der Waals surface area contributed by atoms with Gasteiger partial charge in [-0.3, -0.25) is 14.2 Å². The van der Waals surface area contributed by atoms with E-state index in [-0.39, 0.29) is 26.8 Å². The van der Waals surface area contributed by atoms with Crippen molar-refractivity contribution in [3.05, 3.63) is 90.5 Å². The van der Waals surface area contributed by atoms with Gasteiger partial charge in [-0.15, -0.1) is 0 Å². The third-order valence-corrected chi connectivity index (χ3v) is 8.27. The number of anilines is 2. The quantitative estimate of drug-likeness (QED) is 0.292. The summed E-state index contributed by atoms with van der Waals surface area (Å²) >= 11 is 0. The standard InChI is InChI=1S/C26H25N3O6S2/c1-3-27-26(30)23-17-21(15-16-25(23)35-2)37(33,34)28-19-11-13-20(14-12-19)36(31,32)29-24-10-6-8-18-7-4-5-9-22(18)24/h4-17,28-29H,3H2,1-2H3,(H,27,30). The number of hydrogen-bond acceptors (Lipinski definition) is 6. The Morgan fingerprint density at radius 2 is 1.43 bits per heavy atom. The number of nitrogens with one attached hydrogen (secondary N) is 3. The molecule has 37 heavy (non-hydrogen) atoms. The summed E-state index contributed by atoms with van der Waals surface area (Å²) in [5, 5.41) is 4.26. The smallest absolute Gasteiger partial charge is 0.261 e. The SMILES string of the molecule is CCNC(=O)c1cc(S(=O)(=O)Nc2ccc(S(=O)(=O)Nc3cccc4ccccc34)cc2)ccc1OC. The monoisotopic (exact) mass is 539 g/mol. The van der Waals surface area contributed by atoms with Gasteiger partial charge in [0.15, 0.2) is 0 Å². The zero-order valence-corrected chi connectivity index (χ0v) is 21.7. The molecule has 0 unspecified atom stereocenters. The Bertz CT molecular complexity index is 1660. The van der Waals surface area contributed by atoms with Crippen molar-refractivity contribution in [2.45, 2.75) is 16.7 Å². The minimum atomic E-state index is -4.08. The van der Waals surface area contributed by atoms with Crippen LogP contribution in [0.15, 0.2) is 94.7 Å². The van der Waals surface area contributed by atoms with Gasteiger partial charge in [0.25, 0.3) is 26.0 Å². The maximum atomic E-state index is 13.0. The van der Waals surface area contributed by atoms with Gasteiger partial charge in [0, 0.05) is 17.6 Å². The van der Waals surface area contributed by atoms with E-state index >= 15 is 0 Å². The summed E-state index contributed by atoms with van der Waals surface area (Å²) in [6.07, 6.45) is 0. The Labute approximate surface area is 215 Å². The van der Waals surface area contributed by atoms with Crippen LogP contribution in [0.3, 0.4) is 0 Å². The number of fused-ring (bicyclic) bond motifs is 1. The van der Waals surface area contributed by atoms with E-state index in [0.29, 0.717) is 12.2 Å². The third-order valence-electron chi connectivity index (χ3n) is 5.51. The van der Waals surface area contributed by atoms with E-state index < -0.39 is 26.0 Å². The van der Waals surface area contributed by atoms with Crippen molar-refractivity contribution < 1.29 is 26.4 Å². The number of methoxy groups -OCH3 is 1. The number of ether oxygens (including phenoxy) is 1. The summed E-state index contributed by atoms with van der Waals surface area (Å²) in [4.78, 5) is 12.1. The molecule has 0 aliphatic carbocycles. The van der Waals surface area contributed by atoms with Crippen LogP contribution in [0.4, 0.5) is 11.4 Å². The van der Waals surface area contributed by atoms with Crippen molar-refractivity contribution in [2.75, 3.05) is 23.1 Å². The van der Waals surface area contributed by atoms with Crippen molar-refractivity contribution in [2.24, 2.45) is 0 Å². The van der Waals surface area contributed by atoms with Crippen molar-refractivity contribution in [3.8, 4) is 5.75 Å². The second-order valence-electron chi connectivity index (χ2n) is 7.98. The van der Waals surface area contributed by atoms with Crippen molar-refractivity contribution in [1.82, 2.24) is 5.32 Å². The van der Waals surface area contributed by atoms with Gasteiger partial charge in [-0.1, -0.05) is 36.4 Å². The van der Waals surface area contributed by atoms with Gasteiger partial charge in [-0.2, -0.15) is 0 Å². The van der Waals surface area contributed by atoms with Crippen LogP contribution in [0, 0.1) is 0 Å². The molecule has 3 N–H and O–H groups in total. The molecular formula is C26H25N3O6S2. The summed E-state index contributed by atoms with van der Waals surface area (Å²) in [6, 6.07) is 22.0. The third kappa shape index (κ3) is 5.68. The van der Waals surface area contributed by atoms with Crippen molar-refractivity contribution >= 4 is 48.1 Å². The Hall–Kier alpha value is -4.09. The van der Waals surface area contributed by atoms with E-state index in [2.05, 4.69) is 14.8 Å². The fourth-order valence-corrected chi connectivity index (χ4v) is 5.89. The molecule has 4 aromatic rings. The molecule has 0 fully saturated rings. The lowest BCUT2D eigenvalue weighted by Crippen LogP contribution is -2.24. The van der Waals surface area contributed by atoms with Gasteiger partial charge in [-0.25, -0.2) is 16.8 Å². The summed E-state index contributed by atoms with van der Waals surface area (Å²) < 4.78 is 62.1. The summed E-state index contributed by atoms with van der Waals surface area (Å²) in [5.41, 5.74) is 0.665. The van der Waals surface area contributed by atoms with Gasteiger partial charge in [0.05, 0.1) is 28.2 Å². The van der Waals surface area contributed by atoms with Crippen LogP contribution in [-0.2, 0) is 20.0 Å². The number of benzene rings is 4. The number of carbonyl (C=O) groups is 1. The molecule has 0 heterocycles. The fraction of sp³-hybridized carbons (Fsp3) is 0.115. The maximum Gasteiger partial charge on any atom is 0.261 e. The highest BCUT2D eigenvalue weighted by Gasteiger charge is 2.21. The van der Waals surface area contributed by atoms with E-state index in [1.165, 1.54) is 49.6 Å². The van der Waals surface area contributed by atoms with Gasteiger partial charge in [-0.05, 0) is 60.8 Å². The van der Waals surface area contributed by atoms with Crippen LogP contribution in [0.25, 0.3) is 10.8 Å². The van der Waals surface area contributed by atoms with Crippen LogP contribution >= 0.6 is 0 Å². The van der Waals surface area contributed by atoms with Gasteiger partial charge >= 0.3 is 0 Å². The molecule has 4 rings (SSSR count). The highest BCUT2D eigenvalue weighted by atomic mass is 32.2. The molecule has 0 aliphatic heterocycles. The molecule has 0 atom stereocenters. The van der Waals surface area contributed by atoms with Gasteiger partial charge in [0.1, 0.15) is 5.75 Å². The lowest BCUT2D eigenvalue weighted by molar-refractivity contribution is 0.0952. The molecule has 4 aromatic carbocycles. The zero-order chi connectivity index (χ0) is 26.6. The summed E-state index contributed by atoms with van der Waals surface area (Å²) in [5.74, 6) is -0.234. The summed E-state index contributed by atoms with van der Waals surface area (Å²) in [7, 11) is -6.63. The van der Waals surface area contributed by atoms with Gasteiger partial charge < -0.3 is 10.1 Å². The Morgan fingerprint density at radius 3 is 2.14 bits per heavy atom. The van der Waals surface area contributed by atoms with Crippen molar-refractivity contribution in [1.29, 1.82) is 0 Å². The highest BCUT2D eigenvalue weighted by Crippen LogP contribution is 2.27. The predicted octanol–water partition coefficient (Wildman–Crippen LogP) is 4.20. The molecule has 0 aliphatic rings. The van der Waals surface area contributed by atoms with Crippen LogP contribution in [-0.4, -0.2) is 36.4 Å². The lowest BCUT2D eigenvalue weighted by atomic mass is 10.1. The number of amides is 1. The average molecular weight is 540 g/mol. The zero-order valence-electron chi connectivity index (χ0n) is 20.1. The van der Waals surface area contributed by atoms with Crippen molar-refractivity contribution in [3.63, 3.8) is 0 Å². The first kappa shape index (κ1) is 26.0. The minimum Gasteiger partial charge on any atom is -0.496 e. The molecule has 0 bridgehead atoms. The van der Waals surface area contributed by atoms with E-state index in [1.54, 1.807) is 19.1 Å². The molecular weight excluding hydrogens is 514 g/mol. The largest absolute Gasteiger partial charge is 0.496 e. The average Bonchev–Trinajstić information content (AvgIpc) is 2.88. The normalized spacial score (nSPS) is 11.6. The molecule has 0 spiro atoms. The first-order chi connectivity index (χ1) is 17.6. The number of sulfonamides is 2. The van der Waals surface area contributed by atoms with Crippen LogP contribution in [0.1, 0.15) is 17.3 Å². The predicted molar refractivity (Wildman–Crippen MR) is 143 cm³/mol. The number of hydrogen-bond donors (Lipinski definition) is 3. The molecule has 11 heteroatoms. The molecule has 1 amide bonds. The van der Waals surface area contributed by atoms with Gasteiger partial charge in [0.2, 0.25) is 0 Å². The second kappa shape index (κ2) is 10.5. The Morgan fingerprint density at radius 1 is 0.784 bits per heavy atom. The van der Waals surface area contributed by atoms with Crippen LogP contribution in [0.5, 0.6) is 5.75 Å². The first-order valence-electron chi connectivity index (χ1n) is 11.2. The number of carbonyl (C=O) groups excluding carboxylic acids is 1. The second-order valence-corrected chi connectivity index (χ2v) is 11.3. The Balaban J connectivity index is 1.56. The molecule has 0 saturated heterocycles. The molecule has 9 nitrogen and oxygen atoms in total. The first-order valence-corrected chi connectivity index (χ1v) is 14.2. The highest BCUT2D eigenvalue weighted by molar-refractivity contribution is 7.93. The summed E-state index contributed by atoms with van der Waals surface area (Å²) in [6.45, 7) is 2.11. The van der Waals surface area contributed by atoms with Crippen LogP contribution < -0.4 is 19.5 Å². The minimum absolute atomic E-state index is 0.0358. The molecule has 0 radical (unpaired) electrons. The van der Waals surface area contributed by atoms with E-state index in [4.69, 9.17) is 4.74 Å². The van der Waals surface area contributed by atoms with E-state index in [1.807, 2.05) is 30.3 Å². The molecule has 0 saturated carbocycles. The van der Waals surface area contributed by atoms with Crippen LogP contribution in [0.2, 0.25) is 0 Å². The van der Waals surface area contributed by atoms with E-state index in [0.717, 1.165) is 10.8 Å². The van der Waals surface area contributed by atoms with E-state index in [9.17, 15) is 21.6 Å². The molecule has 0 aromatic heterocycles.